The molecule has 6 rings (SSSR count). The number of oxazole rings is 1. The summed E-state index contributed by atoms with van der Waals surface area (Å²) in [5.74, 6) is 0.546. The molecule has 0 bridgehead atoms. The number of benzene rings is 2. The largest absolute Gasteiger partial charge is 0.444 e. The van der Waals surface area contributed by atoms with Crippen LogP contribution in [0, 0.1) is 23.7 Å². The van der Waals surface area contributed by atoms with E-state index in [0.29, 0.717) is 45.2 Å². The van der Waals surface area contributed by atoms with Gasteiger partial charge in [0.05, 0.1) is 40.2 Å². The fourth-order valence-electron chi connectivity index (χ4n) is 5.41. The predicted octanol–water partition coefficient (Wildman–Crippen LogP) is 8.03. The highest BCUT2D eigenvalue weighted by Gasteiger charge is 2.66. The minimum Gasteiger partial charge on any atom is -0.444 e. The zero-order valence-electron chi connectivity index (χ0n) is 25.0. The first kappa shape index (κ1) is 30.4. The van der Waals surface area contributed by atoms with Gasteiger partial charge in [-0.2, -0.15) is 18.4 Å². The van der Waals surface area contributed by atoms with Gasteiger partial charge in [0, 0.05) is 29.4 Å². The Labute approximate surface area is 262 Å². The van der Waals surface area contributed by atoms with E-state index in [-0.39, 0.29) is 24.0 Å². The number of anilines is 2. The summed E-state index contributed by atoms with van der Waals surface area (Å²) in [5.41, 5.74) is 2.46. The van der Waals surface area contributed by atoms with Crippen LogP contribution in [-0.2, 0) is 5.54 Å². The summed E-state index contributed by atoms with van der Waals surface area (Å²) in [7, 11) is 0. The number of nitrogens with one attached hydrogen (secondary N) is 2. The molecular weight excluding hydrogens is 605 g/mol. The van der Waals surface area contributed by atoms with Gasteiger partial charge in [-0.1, -0.05) is 55.8 Å². The number of aromatic nitrogens is 5. The number of halogens is 4. The molecule has 5 aromatic rings. The van der Waals surface area contributed by atoms with Crippen molar-refractivity contribution in [2.75, 3.05) is 17.2 Å². The van der Waals surface area contributed by atoms with Crippen molar-refractivity contribution in [3.63, 3.8) is 0 Å². The van der Waals surface area contributed by atoms with Crippen molar-refractivity contribution >= 4 is 33.9 Å². The van der Waals surface area contributed by atoms with Crippen molar-refractivity contribution in [1.82, 2.24) is 25.0 Å². The number of nitriles is 1. The maximum absolute atomic E-state index is 14.0. The molecule has 3 heterocycles. The summed E-state index contributed by atoms with van der Waals surface area (Å²) >= 11 is 6.75. The number of rotatable bonds is 8. The van der Waals surface area contributed by atoms with Gasteiger partial charge < -0.3 is 15.1 Å². The molecule has 45 heavy (non-hydrogen) atoms. The van der Waals surface area contributed by atoms with Gasteiger partial charge in [-0.25, -0.2) is 9.67 Å². The fraction of sp³-hybridized carbons (Fsp3) is 0.344. The van der Waals surface area contributed by atoms with Crippen molar-refractivity contribution in [3.05, 3.63) is 82.7 Å². The molecule has 1 fully saturated rings. The molecule has 1 aliphatic carbocycles. The van der Waals surface area contributed by atoms with Crippen LogP contribution in [0.4, 0.5) is 24.5 Å². The standard InChI is InChI=1S/C32H30ClF3N8O/c1-18-21(26-14-38-17-45-26)6-5-7-22(18)29(25-15-44(43-42-25)31(8-9-31)32(34,35)36)41-20-10-23-27(40-16-30(2,3)4)19(12-37)13-39-28(23)24(33)11-20/h5-7,10-11,13-15,17,29,41H,8-9,16H2,1-4H3,(H,39,40). The Balaban J connectivity index is 1.48. The van der Waals surface area contributed by atoms with Gasteiger partial charge >= 0.3 is 6.18 Å². The molecule has 1 atom stereocenters. The third kappa shape index (κ3) is 5.68. The zero-order chi connectivity index (χ0) is 32.1. The summed E-state index contributed by atoms with van der Waals surface area (Å²) in [5, 5.41) is 25.9. The normalized spacial score (nSPS) is 15.1. The van der Waals surface area contributed by atoms with Crippen molar-refractivity contribution < 1.29 is 17.6 Å². The van der Waals surface area contributed by atoms with Crippen LogP contribution in [0.1, 0.15) is 62.0 Å². The lowest BCUT2D eigenvalue weighted by Crippen LogP contribution is -2.35. The average Bonchev–Trinajstić information content (AvgIpc) is 3.38. The van der Waals surface area contributed by atoms with Crippen LogP contribution in [0.15, 0.2) is 59.7 Å². The second-order valence-electron chi connectivity index (χ2n) is 12.5. The number of nitrogens with zero attached hydrogens (tertiary/aromatic N) is 6. The number of pyridine rings is 1. The molecule has 0 aliphatic heterocycles. The zero-order valence-corrected chi connectivity index (χ0v) is 25.8. The summed E-state index contributed by atoms with van der Waals surface area (Å²) in [4.78, 5) is 8.46. The summed E-state index contributed by atoms with van der Waals surface area (Å²) in [6.07, 6.45) is 1.19. The number of hydrogen-bond acceptors (Lipinski definition) is 8. The van der Waals surface area contributed by atoms with Crippen molar-refractivity contribution in [1.29, 1.82) is 5.26 Å². The van der Waals surface area contributed by atoms with Gasteiger partial charge in [0.25, 0.3) is 0 Å². The van der Waals surface area contributed by atoms with E-state index in [1.807, 2.05) is 31.2 Å². The van der Waals surface area contributed by atoms with Crippen LogP contribution < -0.4 is 10.6 Å². The molecule has 1 saturated carbocycles. The van der Waals surface area contributed by atoms with Crippen molar-refractivity contribution in [2.24, 2.45) is 5.41 Å². The smallest absolute Gasteiger partial charge is 0.413 e. The molecule has 2 N–H and O–H groups in total. The predicted molar refractivity (Wildman–Crippen MR) is 165 cm³/mol. The monoisotopic (exact) mass is 634 g/mol. The lowest BCUT2D eigenvalue weighted by Gasteiger charge is -2.23. The van der Waals surface area contributed by atoms with Gasteiger partial charge in [0.2, 0.25) is 0 Å². The molecule has 0 radical (unpaired) electrons. The maximum Gasteiger partial charge on any atom is 0.413 e. The number of fused-ring (bicyclic) bond motifs is 1. The molecule has 232 valence electrons. The summed E-state index contributed by atoms with van der Waals surface area (Å²) in [6.45, 7) is 8.71. The van der Waals surface area contributed by atoms with E-state index in [2.05, 4.69) is 57.8 Å². The molecule has 0 saturated heterocycles. The Hall–Kier alpha value is -4.63. The van der Waals surface area contributed by atoms with Crippen LogP contribution in [0.25, 0.3) is 22.2 Å². The molecular formula is C32H30ClF3N8O. The van der Waals surface area contributed by atoms with Crippen LogP contribution >= 0.6 is 11.6 Å². The highest BCUT2D eigenvalue weighted by molar-refractivity contribution is 6.35. The van der Waals surface area contributed by atoms with E-state index in [0.717, 1.165) is 21.4 Å². The quantitative estimate of drug-likeness (QED) is 0.176. The molecule has 3 aromatic heterocycles. The lowest BCUT2D eigenvalue weighted by molar-refractivity contribution is -0.182. The Morgan fingerprint density at radius 1 is 1.18 bits per heavy atom. The first-order valence-corrected chi connectivity index (χ1v) is 14.7. The third-order valence-electron chi connectivity index (χ3n) is 8.03. The Morgan fingerprint density at radius 3 is 2.60 bits per heavy atom. The van der Waals surface area contributed by atoms with E-state index in [9.17, 15) is 18.4 Å². The first-order chi connectivity index (χ1) is 21.3. The number of hydrogen-bond donors (Lipinski definition) is 2. The van der Waals surface area contributed by atoms with E-state index in [1.54, 1.807) is 12.3 Å². The highest BCUT2D eigenvalue weighted by Crippen LogP contribution is 2.55. The minimum atomic E-state index is -4.46. The molecule has 1 aliphatic rings. The van der Waals surface area contributed by atoms with Crippen LogP contribution in [-0.4, -0.2) is 37.7 Å². The molecule has 13 heteroatoms. The van der Waals surface area contributed by atoms with Crippen LogP contribution in [0.5, 0.6) is 0 Å². The molecule has 0 amide bonds. The Bertz CT molecular complexity index is 1920. The fourth-order valence-corrected chi connectivity index (χ4v) is 5.68. The van der Waals surface area contributed by atoms with Crippen molar-refractivity contribution in [3.8, 4) is 17.4 Å². The van der Waals surface area contributed by atoms with Gasteiger partial charge in [0.1, 0.15) is 11.8 Å². The van der Waals surface area contributed by atoms with Gasteiger partial charge in [-0.15, -0.1) is 5.10 Å². The Morgan fingerprint density at radius 2 is 1.96 bits per heavy atom. The van der Waals surface area contributed by atoms with E-state index in [1.165, 1.54) is 18.8 Å². The van der Waals surface area contributed by atoms with Crippen molar-refractivity contribution in [2.45, 2.75) is 58.3 Å². The molecule has 1 unspecified atom stereocenters. The maximum atomic E-state index is 14.0. The Kier molecular flexibility index (Phi) is 7.48. The third-order valence-corrected chi connectivity index (χ3v) is 8.32. The second kappa shape index (κ2) is 11.1. The molecule has 0 spiro atoms. The van der Waals surface area contributed by atoms with E-state index in [4.69, 9.17) is 16.0 Å². The average molecular weight is 635 g/mol. The summed E-state index contributed by atoms with van der Waals surface area (Å²) in [6, 6.07) is 10.6. The molecule has 2 aromatic carbocycles. The minimum absolute atomic E-state index is 0.0593. The lowest BCUT2D eigenvalue weighted by atomic mass is 9.94. The topological polar surface area (TPSA) is 117 Å². The van der Waals surface area contributed by atoms with Gasteiger partial charge in [-0.05, 0) is 48.4 Å². The van der Waals surface area contributed by atoms with E-state index < -0.39 is 17.8 Å². The highest BCUT2D eigenvalue weighted by atomic mass is 35.5. The van der Waals surface area contributed by atoms with Gasteiger partial charge in [0.15, 0.2) is 17.7 Å². The SMILES string of the molecule is Cc1c(-c2cnco2)cccc1C(Nc1cc(Cl)c2ncc(C#N)c(NCC(C)(C)C)c2c1)c1cn(C2(C(F)(F)F)CC2)nn1. The van der Waals surface area contributed by atoms with Crippen LogP contribution in [0.2, 0.25) is 5.02 Å². The first-order valence-electron chi connectivity index (χ1n) is 14.3. The molecule has 9 nitrogen and oxygen atoms in total. The van der Waals surface area contributed by atoms with E-state index >= 15 is 0 Å². The second-order valence-corrected chi connectivity index (χ2v) is 12.9. The number of alkyl halides is 3. The summed E-state index contributed by atoms with van der Waals surface area (Å²) < 4.78 is 48.5. The van der Waals surface area contributed by atoms with Crippen LogP contribution in [0.3, 0.4) is 0 Å². The van der Waals surface area contributed by atoms with Gasteiger partial charge in [-0.3, -0.25) is 4.98 Å².